The fourth-order valence-corrected chi connectivity index (χ4v) is 6.26. The molecule has 3 atom stereocenters. The van der Waals surface area contributed by atoms with Crippen molar-refractivity contribution in [2.45, 2.75) is 40.0 Å². The van der Waals surface area contributed by atoms with Gasteiger partial charge in [0.1, 0.15) is 23.9 Å². The summed E-state index contributed by atoms with van der Waals surface area (Å²) in [5.41, 5.74) is 9.39. The Morgan fingerprint density at radius 2 is 1.78 bits per heavy atom. The smallest absolute Gasteiger partial charge is 0.273 e. The Morgan fingerprint density at radius 1 is 1.03 bits per heavy atom. The van der Waals surface area contributed by atoms with Gasteiger partial charge in [-0.3, -0.25) is 4.57 Å². The lowest BCUT2D eigenvalue weighted by molar-refractivity contribution is 0.0803. The Balaban J connectivity index is 1.36. The molecule has 0 fully saturated rings. The van der Waals surface area contributed by atoms with Gasteiger partial charge in [-0.2, -0.15) is 0 Å². The highest BCUT2D eigenvalue weighted by Crippen LogP contribution is 2.49. The Labute approximate surface area is 217 Å². The normalized spacial score (nSPS) is 14.8. The number of nitrogens with zero attached hydrogens (tertiary/aromatic N) is 4. The number of anilines is 1. The third kappa shape index (κ3) is 7.61. The lowest BCUT2D eigenvalue weighted by Gasteiger charge is -2.24. The number of hydrogen-bond acceptors (Lipinski definition) is 8. The second kappa shape index (κ2) is 12.3. The van der Waals surface area contributed by atoms with Crippen molar-refractivity contribution < 1.29 is 18.6 Å². The quantitative estimate of drug-likeness (QED) is 0.235. The minimum atomic E-state index is -3.19. The molecule has 0 saturated carbocycles. The van der Waals surface area contributed by atoms with E-state index in [9.17, 15) is 4.57 Å². The van der Waals surface area contributed by atoms with Crippen LogP contribution in [0.3, 0.4) is 0 Å². The summed E-state index contributed by atoms with van der Waals surface area (Å²) < 4.78 is 33.8. The second-order valence-corrected chi connectivity index (χ2v) is 11.9. The van der Waals surface area contributed by atoms with Gasteiger partial charge in [0.25, 0.3) is 7.37 Å². The van der Waals surface area contributed by atoms with E-state index in [2.05, 4.69) is 46.1 Å². The third-order valence-corrected chi connectivity index (χ3v) is 8.10. The molecule has 9 nitrogen and oxygen atoms in total. The van der Waals surface area contributed by atoms with E-state index in [1.165, 1.54) is 11.9 Å². The fraction of sp³-hybridized carbons (Fsp3) is 0.370. The van der Waals surface area contributed by atoms with Crippen LogP contribution in [0.25, 0.3) is 11.2 Å². The van der Waals surface area contributed by atoms with Crippen molar-refractivity contribution in [2.75, 3.05) is 24.9 Å². The molecule has 37 heavy (non-hydrogen) atoms. The van der Waals surface area contributed by atoms with Crippen LogP contribution in [0.2, 0.25) is 0 Å². The summed E-state index contributed by atoms with van der Waals surface area (Å²) in [7, 11) is -3.19. The Morgan fingerprint density at radius 3 is 2.54 bits per heavy atom. The van der Waals surface area contributed by atoms with Gasteiger partial charge in [0.2, 0.25) is 0 Å². The SMILES string of the molecule is Cc1ccc(COCC(C)CP(=O)(CO[C@H](C)Cn2cnc3c(N)ncnc32)Oc2ccccc2)cc1. The van der Waals surface area contributed by atoms with Gasteiger partial charge in [0.15, 0.2) is 11.5 Å². The number of imidazole rings is 1. The molecule has 0 aliphatic heterocycles. The van der Waals surface area contributed by atoms with Gasteiger partial charge < -0.3 is 24.3 Å². The number of benzene rings is 2. The second-order valence-electron chi connectivity index (χ2n) is 9.44. The molecular weight excluding hydrogens is 489 g/mol. The predicted octanol–water partition coefficient (Wildman–Crippen LogP) is 5.29. The van der Waals surface area contributed by atoms with Gasteiger partial charge in [-0.25, -0.2) is 15.0 Å². The zero-order valence-corrected chi connectivity index (χ0v) is 22.4. The van der Waals surface area contributed by atoms with Crippen molar-refractivity contribution in [1.29, 1.82) is 0 Å². The van der Waals surface area contributed by atoms with E-state index in [4.69, 9.17) is 19.7 Å². The number of nitrogen functional groups attached to an aromatic ring is 1. The summed E-state index contributed by atoms with van der Waals surface area (Å²) in [6, 6.07) is 17.5. The molecule has 2 heterocycles. The number of nitrogens with two attached hydrogens (primary N) is 1. The summed E-state index contributed by atoms with van der Waals surface area (Å²) in [6.45, 7) is 7.43. The zero-order valence-electron chi connectivity index (χ0n) is 21.5. The highest BCUT2D eigenvalue weighted by atomic mass is 31.2. The lowest BCUT2D eigenvalue weighted by atomic mass is 10.2. The number of ether oxygens (including phenoxy) is 2. The zero-order chi connectivity index (χ0) is 26.3. The molecule has 2 unspecified atom stereocenters. The first-order valence-corrected chi connectivity index (χ1v) is 14.3. The van der Waals surface area contributed by atoms with Crippen molar-refractivity contribution >= 4 is 24.4 Å². The standard InChI is InChI=1S/C27H34N5O4P/c1-20-9-11-23(12-10-20)15-34-14-21(2)16-37(33,36-24-7-5-4-6-8-24)19-35-22(3)13-32-18-31-25-26(28)29-17-30-27(25)32/h4-12,17-18,21-22H,13-16,19H2,1-3H3,(H2,28,29,30)/t21?,22-,37?/m1/s1. The number of fused-ring (bicyclic) bond motifs is 1. The molecule has 0 aliphatic carbocycles. The van der Waals surface area contributed by atoms with Crippen LogP contribution in [0.15, 0.2) is 67.3 Å². The molecule has 0 aliphatic rings. The molecule has 4 rings (SSSR count). The van der Waals surface area contributed by atoms with E-state index < -0.39 is 7.37 Å². The van der Waals surface area contributed by atoms with Crippen LogP contribution < -0.4 is 10.3 Å². The van der Waals surface area contributed by atoms with Crippen molar-refractivity contribution in [2.24, 2.45) is 5.92 Å². The Hall–Kier alpha value is -3.26. The molecule has 0 radical (unpaired) electrons. The molecule has 2 N–H and O–H groups in total. The molecule has 196 valence electrons. The molecular formula is C27H34N5O4P. The molecule has 2 aromatic heterocycles. The number of hydrogen-bond donors (Lipinski definition) is 1. The maximum atomic E-state index is 14.0. The molecule has 4 aromatic rings. The maximum Gasteiger partial charge on any atom is 0.273 e. The van der Waals surface area contributed by atoms with Crippen LogP contribution in [-0.2, 0) is 27.2 Å². The molecule has 10 heteroatoms. The molecule has 0 spiro atoms. The van der Waals surface area contributed by atoms with Crippen LogP contribution in [0.4, 0.5) is 5.82 Å². The summed E-state index contributed by atoms with van der Waals surface area (Å²) in [5.74, 6) is 0.899. The van der Waals surface area contributed by atoms with E-state index >= 15 is 0 Å². The third-order valence-electron chi connectivity index (χ3n) is 5.84. The number of para-hydroxylation sites is 1. The van der Waals surface area contributed by atoms with E-state index in [0.29, 0.717) is 48.7 Å². The van der Waals surface area contributed by atoms with Crippen LogP contribution in [0.1, 0.15) is 25.0 Å². The molecule has 0 amide bonds. The van der Waals surface area contributed by atoms with Crippen molar-refractivity contribution in [3.05, 3.63) is 78.4 Å². The van der Waals surface area contributed by atoms with Gasteiger partial charge >= 0.3 is 0 Å². The Bertz CT molecular complexity index is 1330. The first-order valence-electron chi connectivity index (χ1n) is 12.3. The molecule has 0 bridgehead atoms. The Kier molecular flexibility index (Phi) is 8.92. The van der Waals surface area contributed by atoms with Crippen LogP contribution in [-0.4, -0.2) is 44.7 Å². The first-order chi connectivity index (χ1) is 17.8. The van der Waals surface area contributed by atoms with E-state index in [-0.39, 0.29) is 18.4 Å². The van der Waals surface area contributed by atoms with Gasteiger partial charge in [-0.1, -0.05) is 55.0 Å². The summed E-state index contributed by atoms with van der Waals surface area (Å²) >= 11 is 0. The van der Waals surface area contributed by atoms with Gasteiger partial charge in [-0.15, -0.1) is 0 Å². The predicted molar refractivity (Wildman–Crippen MR) is 145 cm³/mol. The highest BCUT2D eigenvalue weighted by Gasteiger charge is 2.29. The van der Waals surface area contributed by atoms with E-state index in [1.807, 2.05) is 36.6 Å². The van der Waals surface area contributed by atoms with Crippen LogP contribution >= 0.6 is 7.37 Å². The largest absolute Gasteiger partial charge is 0.441 e. The molecule has 2 aromatic carbocycles. The van der Waals surface area contributed by atoms with Crippen LogP contribution in [0, 0.1) is 12.8 Å². The summed E-state index contributed by atoms with van der Waals surface area (Å²) in [5, 5.41) is 0. The van der Waals surface area contributed by atoms with Gasteiger partial charge in [0, 0.05) is 6.16 Å². The number of aromatic nitrogens is 4. The monoisotopic (exact) mass is 523 g/mol. The fourth-order valence-electron chi connectivity index (χ4n) is 3.98. The summed E-state index contributed by atoms with van der Waals surface area (Å²) in [4.78, 5) is 12.5. The average Bonchev–Trinajstić information content (AvgIpc) is 3.28. The molecule has 0 saturated heterocycles. The van der Waals surface area contributed by atoms with Gasteiger partial charge in [-0.05, 0) is 37.5 Å². The average molecular weight is 524 g/mol. The van der Waals surface area contributed by atoms with Crippen LogP contribution in [0.5, 0.6) is 5.75 Å². The summed E-state index contributed by atoms with van der Waals surface area (Å²) in [6.07, 6.45) is 3.11. The van der Waals surface area contributed by atoms with E-state index in [1.54, 1.807) is 18.5 Å². The van der Waals surface area contributed by atoms with E-state index in [0.717, 1.165) is 5.56 Å². The maximum absolute atomic E-state index is 14.0. The number of aryl methyl sites for hydroxylation is 1. The first kappa shape index (κ1) is 26.8. The van der Waals surface area contributed by atoms with Crippen molar-refractivity contribution in [3.8, 4) is 5.75 Å². The number of rotatable bonds is 13. The van der Waals surface area contributed by atoms with Gasteiger partial charge in [0.05, 0.1) is 32.2 Å². The highest BCUT2D eigenvalue weighted by molar-refractivity contribution is 7.59. The lowest BCUT2D eigenvalue weighted by Crippen LogP contribution is -2.21. The van der Waals surface area contributed by atoms with Crippen molar-refractivity contribution in [3.63, 3.8) is 0 Å². The topological polar surface area (TPSA) is 114 Å². The minimum absolute atomic E-state index is 0.0103. The van der Waals surface area contributed by atoms with Crippen molar-refractivity contribution in [1.82, 2.24) is 19.5 Å². The minimum Gasteiger partial charge on any atom is -0.441 e.